The lowest BCUT2D eigenvalue weighted by Crippen LogP contribution is -2.34. The van der Waals surface area contributed by atoms with Gasteiger partial charge < -0.3 is 14.6 Å². The fourth-order valence-electron chi connectivity index (χ4n) is 2.77. The third-order valence-electron chi connectivity index (χ3n) is 4.23. The van der Waals surface area contributed by atoms with Crippen molar-refractivity contribution in [2.45, 2.75) is 19.5 Å². The number of amides is 2. The Hall–Kier alpha value is -2.86. The van der Waals surface area contributed by atoms with Crippen LogP contribution in [-0.2, 0) is 17.9 Å². The summed E-state index contributed by atoms with van der Waals surface area (Å²) in [5.74, 6) is 0.487. The van der Waals surface area contributed by atoms with Crippen LogP contribution in [0.2, 0.25) is 0 Å². The topological polar surface area (TPSA) is 62.6 Å². The zero-order chi connectivity index (χ0) is 19.8. The number of furan rings is 1. The second-order valence-electron chi connectivity index (χ2n) is 6.33. The molecule has 0 aliphatic heterocycles. The molecule has 1 heterocycles. The average molecular weight is 441 g/mol. The molecule has 1 N–H and O–H groups in total. The van der Waals surface area contributed by atoms with E-state index in [4.69, 9.17) is 4.42 Å². The van der Waals surface area contributed by atoms with E-state index in [9.17, 15) is 9.59 Å². The van der Waals surface area contributed by atoms with Crippen LogP contribution in [0.15, 0.2) is 81.9 Å². The largest absolute Gasteiger partial charge is 0.467 e. The van der Waals surface area contributed by atoms with Gasteiger partial charge >= 0.3 is 0 Å². The number of nitrogens with one attached hydrogen (secondary N) is 1. The monoisotopic (exact) mass is 440 g/mol. The van der Waals surface area contributed by atoms with Crippen LogP contribution in [0.1, 0.15) is 28.1 Å². The maximum Gasteiger partial charge on any atom is 0.251 e. The third-order valence-corrected chi connectivity index (χ3v) is 4.76. The number of hydrogen-bond donors (Lipinski definition) is 1. The summed E-state index contributed by atoms with van der Waals surface area (Å²) in [5, 5.41) is 2.80. The Morgan fingerprint density at radius 3 is 2.36 bits per heavy atom. The van der Waals surface area contributed by atoms with Crippen molar-refractivity contribution in [1.82, 2.24) is 10.2 Å². The number of carbonyl (C=O) groups excluding carboxylic acids is 2. The minimum absolute atomic E-state index is 0.0450. The zero-order valence-corrected chi connectivity index (χ0v) is 16.9. The molecule has 3 aromatic rings. The van der Waals surface area contributed by atoms with Gasteiger partial charge in [0.2, 0.25) is 5.91 Å². The summed E-state index contributed by atoms with van der Waals surface area (Å²) < 4.78 is 6.31. The first-order valence-electron chi connectivity index (χ1n) is 8.99. The Balaban J connectivity index is 1.57. The van der Waals surface area contributed by atoms with Crippen molar-refractivity contribution in [1.29, 1.82) is 0 Å². The molecule has 5 nitrogen and oxygen atoms in total. The van der Waals surface area contributed by atoms with Crippen molar-refractivity contribution in [3.8, 4) is 0 Å². The quantitative estimate of drug-likeness (QED) is 0.564. The van der Waals surface area contributed by atoms with Gasteiger partial charge in [-0.25, -0.2) is 0 Å². The van der Waals surface area contributed by atoms with Crippen molar-refractivity contribution < 1.29 is 14.0 Å². The van der Waals surface area contributed by atoms with Crippen molar-refractivity contribution in [2.75, 3.05) is 6.54 Å². The summed E-state index contributed by atoms with van der Waals surface area (Å²) in [6, 6.07) is 20.6. The van der Waals surface area contributed by atoms with E-state index in [-0.39, 0.29) is 24.8 Å². The normalized spacial score (nSPS) is 10.5. The van der Waals surface area contributed by atoms with E-state index < -0.39 is 0 Å². The van der Waals surface area contributed by atoms with Crippen LogP contribution in [-0.4, -0.2) is 23.3 Å². The molecule has 0 radical (unpaired) electrons. The Morgan fingerprint density at radius 1 is 0.929 bits per heavy atom. The van der Waals surface area contributed by atoms with E-state index >= 15 is 0 Å². The highest BCUT2D eigenvalue weighted by Crippen LogP contribution is 2.13. The molecule has 3 rings (SSSR count). The highest BCUT2D eigenvalue weighted by Gasteiger charge is 2.16. The van der Waals surface area contributed by atoms with Gasteiger partial charge in [0.15, 0.2) is 0 Å². The molecule has 6 heteroatoms. The number of hydrogen-bond acceptors (Lipinski definition) is 3. The van der Waals surface area contributed by atoms with Crippen LogP contribution in [0.4, 0.5) is 0 Å². The molecule has 28 heavy (non-hydrogen) atoms. The van der Waals surface area contributed by atoms with Gasteiger partial charge in [-0.05, 0) is 42.0 Å². The van der Waals surface area contributed by atoms with Gasteiger partial charge in [-0.3, -0.25) is 9.59 Å². The van der Waals surface area contributed by atoms with E-state index in [0.29, 0.717) is 18.7 Å². The van der Waals surface area contributed by atoms with Crippen molar-refractivity contribution in [3.63, 3.8) is 0 Å². The molecule has 0 spiro atoms. The first-order valence-corrected chi connectivity index (χ1v) is 9.79. The molecule has 0 saturated heterocycles. The lowest BCUT2D eigenvalue weighted by atomic mass is 10.2. The second kappa shape index (κ2) is 9.90. The molecule has 2 amide bonds. The van der Waals surface area contributed by atoms with Crippen LogP contribution in [0, 0.1) is 0 Å². The smallest absolute Gasteiger partial charge is 0.251 e. The molecule has 1 aromatic heterocycles. The maximum atomic E-state index is 12.8. The van der Waals surface area contributed by atoms with Crippen LogP contribution < -0.4 is 5.32 Å². The van der Waals surface area contributed by atoms with Gasteiger partial charge in [0.05, 0.1) is 12.8 Å². The van der Waals surface area contributed by atoms with E-state index in [1.54, 1.807) is 29.4 Å². The highest BCUT2D eigenvalue weighted by atomic mass is 79.9. The summed E-state index contributed by atoms with van der Waals surface area (Å²) in [6.07, 6.45) is 1.81. The number of carbonyl (C=O) groups is 2. The molecule has 0 aliphatic rings. The second-order valence-corrected chi connectivity index (χ2v) is 7.24. The van der Waals surface area contributed by atoms with Crippen molar-refractivity contribution in [2.24, 2.45) is 0 Å². The van der Waals surface area contributed by atoms with E-state index in [1.807, 2.05) is 48.5 Å². The summed E-state index contributed by atoms with van der Waals surface area (Å²) in [4.78, 5) is 26.7. The number of benzene rings is 2. The molecular weight excluding hydrogens is 420 g/mol. The molecular formula is C22H21BrN2O3. The summed E-state index contributed by atoms with van der Waals surface area (Å²) >= 11 is 3.34. The molecule has 0 fully saturated rings. The molecule has 2 aromatic carbocycles. The van der Waals surface area contributed by atoms with E-state index in [2.05, 4.69) is 21.2 Å². The first-order chi connectivity index (χ1) is 13.6. The highest BCUT2D eigenvalue weighted by molar-refractivity contribution is 9.10. The molecule has 0 bridgehead atoms. The molecule has 0 atom stereocenters. The van der Waals surface area contributed by atoms with E-state index in [1.165, 1.54) is 0 Å². The molecule has 0 unspecified atom stereocenters. The van der Waals surface area contributed by atoms with E-state index in [0.717, 1.165) is 15.8 Å². The van der Waals surface area contributed by atoms with Crippen LogP contribution in [0.25, 0.3) is 0 Å². The summed E-state index contributed by atoms with van der Waals surface area (Å²) in [7, 11) is 0. The van der Waals surface area contributed by atoms with Crippen molar-refractivity contribution in [3.05, 3.63) is 94.4 Å². The Labute approximate surface area is 172 Å². The van der Waals surface area contributed by atoms with Gasteiger partial charge in [0.1, 0.15) is 5.76 Å². The Bertz CT molecular complexity index is 893. The zero-order valence-electron chi connectivity index (χ0n) is 15.3. The summed E-state index contributed by atoms with van der Waals surface area (Å²) in [6.45, 7) is 1.15. The standard InChI is InChI=1S/C22H21BrN2O3/c23-19-10-8-18(9-11-19)22(27)24-13-12-21(26)25(16-20-7-4-14-28-20)15-17-5-2-1-3-6-17/h1-11,14H,12-13,15-16H2,(H,24,27). The Morgan fingerprint density at radius 2 is 1.68 bits per heavy atom. The predicted molar refractivity (Wildman–Crippen MR) is 110 cm³/mol. The molecule has 144 valence electrons. The Kier molecular flexibility index (Phi) is 7.03. The van der Waals surface area contributed by atoms with Crippen molar-refractivity contribution >= 4 is 27.7 Å². The predicted octanol–water partition coefficient (Wildman–Crippen LogP) is 4.39. The van der Waals surface area contributed by atoms with Gasteiger partial charge in [-0.15, -0.1) is 0 Å². The van der Waals surface area contributed by atoms with Crippen LogP contribution in [0.3, 0.4) is 0 Å². The molecule has 0 aliphatic carbocycles. The average Bonchev–Trinajstić information content (AvgIpc) is 3.22. The summed E-state index contributed by atoms with van der Waals surface area (Å²) in [5.41, 5.74) is 1.61. The maximum absolute atomic E-state index is 12.8. The fourth-order valence-corrected chi connectivity index (χ4v) is 3.04. The fraction of sp³-hybridized carbons (Fsp3) is 0.182. The number of nitrogens with zero attached hydrogens (tertiary/aromatic N) is 1. The molecule has 0 saturated carbocycles. The minimum Gasteiger partial charge on any atom is -0.467 e. The van der Waals surface area contributed by atoms with Gasteiger partial charge in [-0.2, -0.15) is 0 Å². The number of rotatable bonds is 8. The minimum atomic E-state index is -0.194. The van der Waals surface area contributed by atoms with Gasteiger partial charge in [-0.1, -0.05) is 46.3 Å². The van der Waals surface area contributed by atoms with Crippen LogP contribution in [0.5, 0.6) is 0 Å². The SMILES string of the molecule is O=C(NCCC(=O)N(Cc1ccccc1)Cc1ccco1)c1ccc(Br)cc1. The van der Waals surface area contributed by atoms with Gasteiger partial charge in [0, 0.05) is 29.5 Å². The van der Waals surface area contributed by atoms with Gasteiger partial charge in [0.25, 0.3) is 5.91 Å². The number of halogens is 1. The lowest BCUT2D eigenvalue weighted by Gasteiger charge is -2.22. The van der Waals surface area contributed by atoms with Crippen LogP contribution >= 0.6 is 15.9 Å². The lowest BCUT2D eigenvalue weighted by molar-refractivity contribution is -0.132. The third kappa shape index (κ3) is 5.82. The first kappa shape index (κ1) is 19.9.